The molecule has 0 radical (unpaired) electrons. The van der Waals surface area contributed by atoms with Crippen LogP contribution in [0.5, 0.6) is 0 Å². The summed E-state index contributed by atoms with van der Waals surface area (Å²) in [7, 11) is 0. The lowest BCUT2D eigenvalue weighted by Crippen LogP contribution is -2.60. The standard InChI is InChI=1S/C33H45N7O7/c1-7-39(19-25(41)31(46)34-20(2)22-13-9-8-10-14-22)38-30(45)24-16-12-18-40(24)32(47)27(33(4,5)6)37-28(43)21(3)35-29(44)23-15-11-17-26(42)36-23/h8-11,13-15,17,20-21,24,27H,7,12,16,18-19H2,1-6H3,(H,34,46)(H,35,44)(H,36,42)(H,37,43)(H,38,45)/t20-,21?,24?,27?/m1/s1. The van der Waals surface area contributed by atoms with E-state index in [4.69, 9.17) is 0 Å². The number of pyridine rings is 1. The molecule has 2 aromatic rings. The number of benzene rings is 1. The Hall–Kier alpha value is -4.85. The lowest BCUT2D eigenvalue weighted by molar-refractivity contribution is -0.146. The maximum absolute atomic E-state index is 13.9. The molecule has 1 saturated heterocycles. The highest BCUT2D eigenvalue weighted by Gasteiger charge is 2.42. The van der Waals surface area contributed by atoms with E-state index in [1.54, 1.807) is 34.6 Å². The lowest BCUT2D eigenvalue weighted by Gasteiger charge is -2.36. The second-order valence-electron chi connectivity index (χ2n) is 12.6. The first-order valence-corrected chi connectivity index (χ1v) is 15.7. The molecule has 5 N–H and O–H groups in total. The van der Waals surface area contributed by atoms with Gasteiger partial charge in [0.1, 0.15) is 23.8 Å². The molecule has 14 nitrogen and oxygen atoms in total. The number of likely N-dealkylation sites (N-methyl/N-ethyl adjacent to an activating group) is 1. The highest BCUT2D eigenvalue weighted by molar-refractivity contribution is 6.37. The second kappa shape index (κ2) is 16.1. The number of hydrogen-bond acceptors (Lipinski definition) is 8. The van der Waals surface area contributed by atoms with Gasteiger partial charge in [0.15, 0.2) is 0 Å². The van der Waals surface area contributed by atoms with Crippen LogP contribution >= 0.6 is 0 Å². The topological polar surface area (TPSA) is 190 Å². The van der Waals surface area contributed by atoms with E-state index >= 15 is 0 Å². The van der Waals surface area contributed by atoms with Gasteiger partial charge in [0, 0.05) is 19.2 Å². The van der Waals surface area contributed by atoms with Crippen LogP contribution in [0, 0.1) is 5.41 Å². The maximum atomic E-state index is 13.9. The minimum atomic E-state index is -1.05. The van der Waals surface area contributed by atoms with Crippen molar-refractivity contribution >= 4 is 35.3 Å². The number of H-pyrrole nitrogens is 1. The Morgan fingerprint density at radius 3 is 2.26 bits per heavy atom. The zero-order valence-electron chi connectivity index (χ0n) is 27.7. The summed E-state index contributed by atoms with van der Waals surface area (Å²) < 4.78 is 0. The third kappa shape index (κ3) is 10.1. The normalized spacial score (nSPS) is 16.5. The van der Waals surface area contributed by atoms with Crippen molar-refractivity contribution in [2.45, 2.75) is 78.6 Å². The van der Waals surface area contributed by atoms with Crippen LogP contribution in [-0.4, -0.2) is 88.0 Å². The Bertz CT molecular complexity index is 1520. The number of hydrogen-bond donors (Lipinski definition) is 5. The van der Waals surface area contributed by atoms with E-state index in [2.05, 4.69) is 26.4 Å². The lowest BCUT2D eigenvalue weighted by atomic mass is 9.85. The molecule has 0 spiro atoms. The second-order valence-corrected chi connectivity index (χ2v) is 12.6. The van der Waals surface area contributed by atoms with Crippen molar-refractivity contribution < 1.29 is 28.8 Å². The summed E-state index contributed by atoms with van der Waals surface area (Å²) in [5.74, 6) is -3.78. The largest absolute Gasteiger partial charge is 0.343 e. The molecule has 254 valence electrons. The van der Waals surface area contributed by atoms with Crippen molar-refractivity contribution in [3.8, 4) is 0 Å². The van der Waals surface area contributed by atoms with Crippen LogP contribution in [-0.2, 0) is 24.0 Å². The number of carbonyl (C=O) groups excluding carboxylic acids is 6. The average Bonchev–Trinajstić information content (AvgIpc) is 3.53. The van der Waals surface area contributed by atoms with Crippen molar-refractivity contribution in [1.82, 2.24) is 36.3 Å². The molecule has 47 heavy (non-hydrogen) atoms. The fourth-order valence-corrected chi connectivity index (χ4v) is 5.11. The smallest absolute Gasteiger partial charge is 0.289 e. The van der Waals surface area contributed by atoms with Gasteiger partial charge in [0.05, 0.1) is 12.6 Å². The van der Waals surface area contributed by atoms with Gasteiger partial charge in [-0.2, -0.15) is 0 Å². The van der Waals surface area contributed by atoms with Gasteiger partial charge in [0.25, 0.3) is 17.7 Å². The molecule has 2 heterocycles. The SMILES string of the molecule is CCN(CC(=O)C(=O)N[C@H](C)c1ccccc1)NC(=O)C1CCCN1C(=O)C(NC(=O)C(C)NC(=O)c1cccc(=O)[nH]1)C(C)(C)C. The van der Waals surface area contributed by atoms with Gasteiger partial charge in [-0.1, -0.05) is 64.1 Å². The van der Waals surface area contributed by atoms with Crippen molar-refractivity contribution in [2.24, 2.45) is 5.41 Å². The third-order valence-electron chi connectivity index (χ3n) is 7.88. The Morgan fingerprint density at radius 1 is 0.957 bits per heavy atom. The molecule has 0 saturated carbocycles. The van der Waals surface area contributed by atoms with Crippen LogP contribution in [0.4, 0.5) is 0 Å². The number of nitrogens with one attached hydrogen (secondary N) is 5. The number of aromatic amines is 1. The van der Waals surface area contributed by atoms with E-state index in [9.17, 15) is 33.6 Å². The molecule has 1 aromatic carbocycles. The molecule has 1 aliphatic heterocycles. The van der Waals surface area contributed by atoms with Crippen molar-refractivity contribution in [2.75, 3.05) is 19.6 Å². The van der Waals surface area contributed by atoms with Gasteiger partial charge in [0.2, 0.25) is 23.2 Å². The van der Waals surface area contributed by atoms with Gasteiger partial charge in [-0.3, -0.25) is 39.0 Å². The van der Waals surface area contributed by atoms with E-state index in [0.717, 1.165) is 5.56 Å². The number of hydrazine groups is 1. The van der Waals surface area contributed by atoms with Gasteiger partial charge in [-0.05, 0) is 43.7 Å². The average molecular weight is 652 g/mol. The molecule has 0 bridgehead atoms. The van der Waals surface area contributed by atoms with E-state index in [-0.39, 0.29) is 31.4 Å². The Balaban J connectivity index is 1.62. The fourth-order valence-electron chi connectivity index (χ4n) is 5.11. The number of carbonyl (C=O) groups is 6. The van der Waals surface area contributed by atoms with E-state index in [1.165, 1.54) is 35.0 Å². The number of aromatic nitrogens is 1. The van der Waals surface area contributed by atoms with Crippen LogP contribution in [0.25, 0.3) is 0 Å². The summed E-state index contributed by atoms with van der Waals surface area (Å²) in [5, 5.41) is 9.24. The predicted octanol–water partition coefficient (Wildman–Crippen LogP) is 0.815. The van der Waals surface area contributed by atoms with E-state index in [1.807, 2.05) is 30.3 Å². The van der Waals surface area contributed by atoms with E-state index in [0.29, 0.717) is 12.8 Å². The first kappa shape index (κ1) is 36.6. The minimum absolute atomic E-state index is 0.0169. The number of likely N-dealkylation sites (tertiary alicyclic amines) is 1. The monoisotopic (exact) mass is 651 g/mol. The molecular weight excluding hydrogens is 606 g/mol. The van der Waals surface area contributed by atoms with Crippen LogP contribution in [0.15, 0.2) is 53.3 Å². The summed E-state index contributed by atoms with van der Waals surface area (Å²) in [6.07, 6.45) is 0.909. The maximum Gasteiger partial charge on any atom is 0.289 e. The Labute approximate surface area is 274 Å². The molecule has 0 aliphatic carbocycles. The van der Waals surface area contributed by atoms with Crippen LogP contribution in [0.2, 0.25) is 0 Å². The number of Topliss-reactive ketones (excluding diaryl/α,β-unsaturated/α-hetero) is 1. The molecular formula is C33H45N7O7. The van der Waals surface area contributed by atoms with Crippen LogP contribution in [0.1, 0.15) is 76.5 Å². The van der Waals surface area contributed by atoms with Gasteiger partial charge in [-0.25, -0.2) is 5.01 Å². The van der Waals surface area contributed by atoms with E-state index < -0.39 is 64.4 Å². The zero-order valence-corrected chi connectivity index (χ0v) is 27.7. The van der Waals surface area contributed by atoms with Crippen molar-refractivity contribution in [1.29, 1.82) is 0 Å². The highest BCUT2D eigenvalue weighted by Crippen LogP contribution is 2.26. The number of nitrogens with zero attached hydrogens (tertiary/aromatic N) is 2. The fraction of sp³-hybridized carbons (Fsp3) is 0.485. The predicted molar refractivity (Wildman–Crippen MR) is 174 cm³/mol. The van der Waals surface area contributed by atoms with Crippen LogP contribution < -0.4 is 26.9 Å². The first-order chi connectivity index (χ1) is 22.1. The first-order valence-electron chi connectivity index (χ1n) is 15.7. The minimum Gasteiger partial charge on any atom is -0.343 e. The Kier molecular flexibility index (Phi) is 12.6. The third-order valence-corrected chi connectivity index (χ3v) is 7.88. The summed E-state index contributed by atoms with van der Waals surface area (Å²) in [6.45, 7) is 10.4. The summed E-state index contributed by atoms with van der Waals surface area (Å²) in [5.41, 5.74) is 2.27. The molecule has 1 fully saturated rings. The molecule has 3 rings (SSSR count). The molecule has 1 aliphatic rings. The van der Waals surface area contributed by atoms with Gasteiger partial charge in [-0.15, -0.1) is 0 Å². The molecule has 14 heteroatoms. The van der Waals surface area contributed by atoms with Crippen molar-refractivity contribution in [3.05, 3.63) is 70.1 Å². The zero-order chi connectivity index (χ0) is 34.9. The van der Waals surface area contributed by atoms with Gasteiger partial charge < -0.3 is 25.8 Å². The summed E-state index contributed by atoms with van der Waals surface area (Å²) in [6, 6.07) is 9.92. The quantitative estimate of drug-likeness (QED) is 0.155. The van der Waals surface area contributed by atoms with Gasteiger partial charge >= 0.3 is 0 Å². The van der Waals surface area contributed by atoms with Crippen LogP contribution in [0.3, 0.4) is 0 Å². The summed E-state index contributed by atoms with van der Waals surface area (Å²) >= 11 is 0. The molecule has 5 amide bonds. The highest BCUT2D eigenvalue weighted by atomic mass is 16.2. The molecule has 3 unspecified atom stereocenters. The van der Waals surface area contributed by atoms with Crippen molar-refractivity contribution in [3.63, 3.8) is 0 Å². The Morgan fingerprint density at radius 2 is 1.64 bits per heavy atom. The number of ketones is 1. The summed E-state index contributed by atoms with van der Waals surface area (Å²) in [4.78, 5) is 93.6. The molecule has 4 atom stereocenters. The molecule has 1 aromatic heterocycles. The number of amides is 5. The number of rotatable bonds is 13.